The Bertz CT molecular complexity index is 307. The van der Waals surface area contributed by atoms with Crippen LogP contribution in [0.3, 0.4) is 0 Å². The molecule has 2 bridgehead atoms. The third-order valence-electron chi connectivity index (χ3n) is 3.88. The molecule has 0 aromatic heterocycles. The summed E-state index contributed by atoms with van der Waals surface area (Å²) in [5, 5.41) is 8.52. The van der Waals surface area contributed by atoms with Crippen molar-refractivity contribution in [3.63, 3.8) is 0 Å². The second kappa shape index (κ2) is 6.57. The second-order valence-corrected chi connectivity index (χ2v) is 6.24. The molecule has 2 fully saturated rings. The molecule has 0 spiro atoms. The number of fused-ring (bicyclic) bond motifs is 2. The standard InChI is InChI=1S/C13H20O4S/c14-7-9-10(12-5-4-11(9)17-12)8-18-6-2-1-3-13(15)16/h7,9-12H,1-6,8H2,(H,15,16). The molecule has 4 unspecified atom stereocenters. The number of carbonyl (C=O) groups excluding carboxylic acids is 1. The van der Waals surface area contributed by atoms with E-state index < -0.39 is 5.97 Å². The zero-order valence-electron chi connectivity index (χ0n) is 10.4. The lowest BCUT2D eigenvalue weighted by Crippen LogP contribution is -2.30. The van der Waals surface area contributed by atoms with Gasteiger partial charge in [-0.2, -0.15) is 11.8 Å². The Morgan fingerprint density at radius 2 is 2.11 bits per heavy atom. The van der Waals surface area contributed by atoms with Gasteiger partial charge in [0.1, 0.15) is 6.29 Å². The van der Waals surface area contributed by atoms with Crippen molar-refractivity contribution < 1.29 is 19.4 Å². The van der Waals surface area contributed by atoms with Gasteiger partial charge in [0.05, 0.1) is 12.2 Å². The molecule has 1 N–H and O–H groups in total. The van der Waals surface area contributed by atoms with Crippen molar-refractivity contribution >= 4 is 24.0 Å². The molecule has 0 radical (unpaired) electrons. The Labute approximate surface area is 111 Å². The predicted molar refractivity (Wildman–Crippen MR) is 69.8 cm³/mol. The molecule has 2 rings (SSSR count). The predicted octanol–water partition coefficient (Wildman–Crippen LogP) is 1.97. The summed E-state index contributed by atoms with van der Waals surface area (Å²) in [6.45, 7) is 0. The summed E-state index contributed by atoms with van der Waals surface area (Å²) in [7, 11) is 0. The normalized spacial score (nSPS) is 33.8. The highest BCUT2D eigenvalue weighted by molar-refractivity contribution is 7.99. The van der Waals surface area contributed by atoms with Crippen LogP contribution in [0.15, 0.2) is 0 Å². The molecule has 0 amide bonds. The third kappa shape index (κ3) is 3.26. The third-order valence-corrected chi connectivity index (χ3v) is 5.08. The van der Waals surface area contributed by atoms with Crippen molar-refractivity contribution in [2.45, 2.75) is 44.3 Å². The second-order valence-electron chi connectivity index (χ2n) is 5.09. The maximum atomic E-state index is 11.1. The Morgan fingerprint density at radius 1 is 1.33 bits per heavy atom. The molecule has 0 aliphatic carbocycles. The minimum Gasteiger partial charge on any atom is -0.481 e. The first-order valence-electron chi connectivity index (χ1n) is 6.62. The van der Waals surface area contributed by atoms with Crippen LogP contribution in [0.1, 0.15) is 32.1 Å². The van der Waals surface area contributed by atoms with Gasteiger partial charge in [-0.15, -0.1) is 0 Å². The van der Waals surface area contributed by atoms with Crippen molar-refractivity contribution in [3.05, 3.63) is 0 Å². The van der Waals surface area contributed by atoms with Gasteiger partial charge < -0.3 is 14.6 Å². The number of rotatable bonds is 8. The first-order chi connectivity index (χ1) is 8.72. The van der Waals surface area contributed by atoms with Gasteiger partial charge in [0, 0.05) is 18.3 Å². The number of hydrogen-bond acceptors (Lipinski definition) is 4. The lowest BCUT2D eigenvalue weighted by Gasteiger charge is -2.23. The Kier molecular flexibility index (Phi) is 5.06. The van der Waals surface area contributed by atoms with Gasteiger partial charge in [-0.1, -0.05) is 0 Å². The molecule has 4 atom stereocenters. The summed E-state index contributed by atoms with van der Waals surface area (Å²) in [6, 6.07) is 0. The van der Waals surface area contributed by atoms with Crippen molar-refractivity contribution in [2.24, 2.45) is 11.8 Å². The molecule has 4 nitrogen and oxygen atoms in total. The number of aliphatic carboxylic acids is 1. The first-order valence-corrected chi connectivity index (χ1v) is 7.78. The zero-order valence-corrected chi connectivity index (χ0v) is 11.2. The van der Waals surface area contributed by atoms with E-state index in [1.165, 1.54) is 0 Å². The van der Waals surface area contributed by atoms with E-state index in [1.54, 1.807) is 0 Å². The maximum Gasteiger partial charge on any atom is 0.303 e. The van der Waals surface area contributed by atoms with Gasteiger partial charge in [-0.3, -0.25) is 4.79 Å². The van der Waals surface area contributed by atoms with Crippen LogP contribution in [-0.4, -0.2) is 41.1 Å². The summed E-state index contributed by atoms with van der Waals surface area (Å²) in [5.41, 5.74) is 0. The highest BCUT2D eigenvalue weighted by atomic mass is 32.2. The molecular formula is C13H20O4S. The van der Waals surface area contributed by atoms with E-state index in [0.29, 0.717) is 5.92 Å². The number of carbonyl (C=O) groups is 2. The van der Waals surface area contributed by atoms with Crippen LogP contribution < -0.4 is 0 Å². The number of hydrogen-bond donors (Lipinski definition) is 1. The monoisotopic (exact) mass is 272 g/mol. The van der Waals surface area contributed by atoms with Gasteiger partial charge in [-0.05, 0) is 37.2 Å². The van der Waals surface area contributed by atoms with E-state index >= 15 is 0 Å². The van der Waals surface area contributed by atoms with E-state index in [9.17, 15) is 9.59 Å². The number of thioether (sulfide) groups is 1. The topological polar surface area (TPSA) is 63.6 Å². The lowest BCUT2D eigenvalue weighted by atomic mass is 9.81. The smallest absolute Gasteiger partial charge is 0.303 e. The summed E-state index contributed by atoms with van der Waals surface area (Å²) in [5.74, 6) is 1.70. The average molecular weight is 272 g/mol. The molecule has 0 saturated carbocycles. The van der Waals surface area contributed by atoms with Crippen LogP contribution in [0.5, 0.6) is 0 Å². The maximum absolute atomic E-state index is 11.1. The fraction of sp³-hybridized carbons (Fsp3) is 0.846. The largest absolute Gasteiger partial charge is 0.481 e. The van der Waals surface area contributed by atoms with Crippen LogP contribution in [0.2, 0.25) is 0 Å². The molecule has 102 valence electrons. The van der Waals surface area contributed by atoms with Gasteiger partial charge in [0.2, 0.25) is 0 Å². The highest BCUT2D eigenvalue weighted by Crippen LogP contribution is 2.43. The molecule has 2 aliphatic rings. The summed E-state index contributed by atoms with van der Waals surface area (Å²) >= 11 is 1.83. The van der Waals surface area contributed by atoms with Gasteiger partial charge in [-0.25, -0.2) is 0 Å². The molecule has 5 heteroatoms. The van der Waals surface area contributed by atoms with Crippen LogP contribution >= 0.6 is 11.8 Å². The zero-order chi connectivity index (χ0) is 13.0. The van der Waals surface area contributed by atoms with Crippen molar-refractivity contribution in [1.29, 1.82) is 0 Å². The van der Waals surface area contributed by atoms with Crippen LogP contribution in [0, 0.1) is 11.8 Å². The highest BCUT2D eigenvalue weighted by Gasteiger charge is 2.48. The molecular weight excluding hydrogens is 252 g/mol. The van der Waals surface area contributed by atoms with E-state index in [-0.39, 0.29) is 24.5 Å². The molecule has 2 aliphatic heterocycles. The van der Waals surface area contributed by atoms with Crippen molar-refractivity contribution in [3.8, 4) is 0 Å². The first kappa shape index (κ1) is 13.9. The SMILES string of the molecule is O=CC1C2CCC(O2)C1CSCCCCC(=O)O. The van der Waals surface area contributed by atoms with Gasteiger partial charge in [0.25, 0.3) is 0 Å². The minimum absolute atomic E-state index is 0.0928. The summed E-state index contributed by atoms with van der Waals surface area (Å²) < 4.78 is 5.78. The van der Waals surface area contributed by atoms with Crippen molar-refractivity contribution in [2.75, 3.05) is 11.5 Å². The van der Waals surface area contributed by atoms with Gasteiger partial charge >= 0.3 is 5.97 Å². The fourth-order valence-corrected chi connectivity index (χ4v) is 4.20. The fourth-order valence-electron chi connectivity index (χ4n) is 2.92. The number of ether oxygens (including phenoxy) is 1. The Morgan fingerprint density at radius 3 is 2.83 bits per heavy atom. The Balaban J connectivity index is 1.61. The van der Waals surface area contributed by atoms with Crippen LogP contribution in [-0.2, 0) is 14.3 Å². The number of unbranched alkanes of at least 4 members (excludes halogenated alkanes) is 1. The van der Waals surface area contributed by atoms with Crippen LogP contribution in [0.4, 0.5) is 0 Å². The van der Waals surface area contributed by atoms with E-state index in [0.717, 1.165) is 43.5 Å². The summed E-state index contributed by atoms with van der Waals surface area (Å²) in [6.07, 6.45) is 5.60. The minimum atomic E-state index is -0.720. The van der Waals surface area contributed by atoms with E-state index in [1.807, 2.05) is 11.8 Å². The molecule has 2 heterocycles. The number of carboxylic acids is 1. The van der Waals surface area contributed by atoms with E-state index in [4.69, 9.17) is 9.84 Å². The molecule has 0 aromatic carbocycles. The van der Waals surface area contributed by atoms with Crippen molar-refractivity contribution in [1.82, 2.24) is 0 Å². The average Bonchev–Trinajstić information content (AvgIpc) is 2.93. The Hall–Kier alpha value is -0.550. The van der Waals surface area contributed by atoms with Crippen LogP contribution in [0.25, 0.3) is 0 Å². The van der Waals surface area contributed by atoms with Gasteiger partial charge in [0.15, 0.2) is 0 Å². The molecule has 0 aromatic rings. The number of carboxylic acid groups (broad SMARTS) is 1. The number of aldehydes is 1. The van der Waals surface area contributed by atoms with E-state index in [2.05, 4.69) is 0 Å². The molecule has 18 heavy (non-hydrogen) atoms. The molecule has 2 saturated heterocycles. The summed E-state index contributed by atoms with van der Waals surface area (Å²) in [4.78, 5) is 21.4. The quantitative estimate of drug-likeness (QED) is 0.540. The lowest BCUT2D eigenvalue weighted by molar-refractivity contribution is -0.137.